The third-order valence-electron chi connectivity index (χ3n) is 6.12. The number of nitrogens with one attached hydrogen (secondary N) is 3. The van der Waals surface area contributed by atoms with Crippen LogP contribution in [0.25, 0.3) is 17.4 Å². The highest BCUT2D eigenvalue weighted by Gasteiger charge is 2.24. The van der Waals surface area contributed by atoms with E-state index in [0.717, 1.165) is 46.9 Å². The van der Waals surface area contributed by atoms with Gasteiger partial charge < -0.3 is 20.5 Å². The number of hydrogen-bond acceptors (Lipinski definition) is 5. The summed E-state index contributed by atoms with van der Waals surface area (Å²) in [5.41, 5.74) is 5.37. The van der Waals surface area contributed by atoms with E-state index in [1.165, 1.54) is 5.56 Å². The van der Waals surface area contributed by atoms with Gasteiger partial charge in [-0.15, -0.1) is 0 Å². The van der Waals surface area contributed by atoms with Gasteiger partial charge in [-0.2, -0.15) is 9.61 Å². The Kier molecular flexibility index (Phi) is 4.91. The van der Waals surface area contributed by atoms with E-state index in [1.54, 1.807) is 6.20 Å². The maximum atomic E-state index is 11.8. The molecule has 0 bridgehead atoms. The Bertz CT molecular complexity index is 1430. The third kappa shape index (κ3) is 3.94. The number of fused-ring (bicyclic) bond motifs is 1. The van der Waals surface area contributed by atoms with Crippen molar-refractivity contribution < 1.29 is 4.79 Å². The van der Waals surface area contributed by atoms with Crippen LogP contribution in [0.4, 0.5) is 11.6 Å². The quantitative estimate of drug-likeness (QED) is 0.393. The van der Waals surface area contributed by atoms with Gasteiger partial charge in [0, 0.05) is 48.0 Å². The summed E-state index contributed by atoms with van der Waals surface area (Å²) < 4.78 is 3.94. The Morgan fingerprint density at radius 2 is 2.00 bits per heavy atom. The van der Waals surface area contributed by atoms with Gasteiger partial charge in [0.2, 0.25) is 5.91 Å². The van der Waals surface area contributed by atoms with Gasteiger partial charge in [-0.1, -0.05) is 24.8 Å². The van der Waals surface area contributed by atoms with Gasteiger partial charge in [-0.25, -0.2) is 4.98 Å². The van der Waals surface area contributed by atoms with Crippen molar-refractivity contribution in [1.29, 1.82) is 0 Å². The standard InChI is InChI=1S/C26H25N7O/c1-17-19(13-25(34)29-17)12-20-16-28-33-24(30-21-8-9-21)14-23(31-26(20)33)27-15-18-6-2-3-7-22(18)32-10-4-5-11-32/h2-7,10-12,14,16,21,30H,1,8-9,13,15H2,(H,27,31)(H,29,34)/b19-12+. The van der Waals surface area contributed by atoms with Gasteiger partial charge >= 0.3 is 0 Å². The number of benzene rings is 1. The first kappa shape index (κ1) is 20.3. The van der Waals surface area contributed by atoms with E-state index in [2.05, 4.69) is 44.3 Å². The number of nitrogens with zero attached hydrogens (tertiary/aromatic N) is 4. The van der Waals surface area contributed by atoms with Crippen molar-refractivity contribution in [3.8, 4) is 5.69 Å². The van der Waals surface area contributed by atoms with E-state index in [0.29, 0.717) is 24.7 Å². The maximum Gasteiger partial charge on any atom is 0.228 e. The minimum atomic E-state index is -0.0412. The van der Waals surface area contributed by atoms with E-state index in [1.807, 2.05) is 53.3 Å². The summed E-state index contributed by atoms with van der Waals surface area (Å²) in [7, 11) is 0. The second-order valence-electron chi connectivity index (χ2n) is 8.73. The van der Waals surface area contributed by atoms with Crippen molar-refractivity contribution in [2.45, 2.75) is 31.8 Å². The summed E-state index contributed by atoms with van der Waals surface area (Å²) in [5, 5.41) is 14.4. The topological polar surface area (TPSA) is 88.3 Å². The zero-order valence-electron chi connectivity index (χ0n) is 18.7. The molecule has 1 amide bonds. The molecule has 1 saturated carbocycles. The zero-order chi connectivity index (χ0) is 23.1. The van der Waals surface area contributed by atoms with Crippen LogP contribution in [-0.2, 0) is 11.3 Å². The number of hydrogen-bond donors (Lipinski definition) is 3. The summed E-state index contributed by atoms with van der Waals surface area (Å²) in [6.45, 7) is 4.57. The summed E-state index contributed by atoms with van der Waals surface area (Å²) >= 11 is 0. The molecule has 1 aromatic carbocycles. The Morgan fingerprint density at radius 3 is 2.76 bits per heavy atom. The monoisotopic (exact) mass is 451 g/mol. The Balaban J connectivity index is 1.34. The van der Waals surface area contributed by atoms with E-state index < -0.39 is 0 Å². The van der Waals surface area contributed by atoms with E-state index in [4.69, 9.17) is 4.98 Å². The summed E-state index contributed by atoms with van der Waals surface area (Å²) in [5.74, 6) is 1.62. The fraction of sp³-hybridized carbons (Fsp3) is 0.192. The first-order chi connectivity index (χ1) is 16.6. The lowest BCUT2D eigenvalue weighted by atomic mass is 10.1. The van der Waals surface area contributed by atoms with Gasteiger partial charge in [0.15, 0.2) is 5.65 Å². The first-order valence-corrected chi connectivity index (χ1v) is 11.4. The molecular formula is C26H25N7O. The molecule has 0 radical (unpaired) electrons. The lowest BCUT2D eigenvalue weighted by Gasteiger charge is -2.14. The van der Waals surface area contributed by atoms with E-state index in [9.17, 15) is 4.79 Å². The molecular weight excluding hydrogens is 426 g/mol. The van der Waals surface area contributed by atoms with Crippen molar-refractivity contribution in [2.24, 2.45) is 0 Å². The number of carbonyl (C=O) groups is 1. The van der Waals surface area contributed by atoms with Crippen LogP contribution in [0.5, 0.6) is 0 Å². The number of allylic oxidation sites excluding steroid dienone is 1. The van der Waals surface area contributed by atoms with Gasteiger partial charge in [-0.05, 0) is 48.3 Å². The minimum Gasteiger partial charge on any atom is -0.367 e. The summed E-state index contributed by atoms with van der Waals surface area (Å²) in [6.07, 6.45) is 10.4. The molecule has 2 aliphatic rings. The van der Waals surface area contributed by atoms with Crippen LogP contribution in [0.15, 0.2) is 78.9 Å². The summed E-state index contributed by atoms with van der Waals surface area (Å²) in [6, 6.07) is 14.8. The molecule has 3 aromatic heterocycles. The van der Waals surface area contributed by atoms with Crippen molar-refractivity contribution in [2.75, 3.05) is 10.6 Å². The molecule has 1 aliphatic carbocycles. The minimum absolute atomic E-state index is 0.0412. The Morgan fingerprint density at radius 1 is 1.18 bits per heavy atom. The van der Waals surface area contributed by atoms with Crippen LogP contribution in [0.1, 0.15) is 30.4 Å². The second-order valence-corrected chi connectivity index (χ2v) is 8.73. The molecule has 8 nitrogen and oxygen atoms in total. The number of amides is 1. The number of carbonyl (C=O) groups excluding carboxylic acids is 1. The van der Waals surface area contributed by atoms with E-state index >= 15 is 0 Å². The molecule has 8 heteroatoms. The third-order valence-corrected chi connectivity index (χ3v) is 6.12. The molecule has 4 heterocycles. The largest absolute Gasteiger partial charge is 0.367 e. The first-order valence-electron chi connectivity index (χ1n) is 11.4. The predicted octanol–water partition coefficient (Wildman–Crippen LogP) is 4.12. The average Bonchev–Trinajstić information content (AvgIpc) is 3.20. The smallest absolute Gasteiger partial charge is 0.228 e. The highest BCUT2D eigenvalue weighted by atomic mass is 16.1. The van der Waals surface area contributed by atoms with Gasteiger partial charge in [0.25, 0.3) is 0 Å². The van der Waals surface area contributed by atoms with E-state index in [-0.39, 0.29) is 5.91 Å². The fourth-order valence-electron chi connectivity index (χ4n) is 4.20. The van der Waals surface area contributed by atoms with Crippen molar-refractivity contribution in [3.05, 3.63) is 90.0 Å². The molecule has 3 N–H and O–H groups in total. The van der Waals surface area contributed by atoms with Crippen LogP contribution in [-0.4, -0.2) is 31.1 Å². The van der Waals surface area contributed by atoms with Crippen LogP contribution < -0.4 is 16.0 Å². The predicted molar refractivity (Wildman–Crippen MR) is 133 cm³/mol. The lowest BCUT2D eigenvalue weighted by molar-refractivity contribution is -0.118. The molecule has 0 atom stereocenters. The Labute approximate surface area is 197 Å². The summed E-state index contributed by atoms with van der Waals surface area (Å²) in [4.78, 5) is 16.6. The molecule has 1 aliphatic heterocycles. The highest BCUT2D eigenvalue weighted by molar-refractivity contribution is 5.89. The SMILES string of the molecule is C=C1NC(=O)C/C1=C\c1cnn2c(NC3CC3)cc(NCc3ccccc3-n3cccc3)nc12. The normalized spacial score (nSPS) is 16.9. The number of rotatable bonds is 7. The maximum absolute atomic E-state index is 11.8. The van der Waals surface area contributed by atoms with Crippen LogP contribution >= 0.6 is 0 Å². The fourth-order valence-corrected chi connectivity index (χ4v) is 4.20. The molecule has 0 spiro atoms. The van der Waals surface area contributed by atoms with Crippen molar-refractivity contribution >= 4 is 29.3 Å². The molecule has 34 heavy (non-hydrogen) atoms. The van der Waals surface area contributed by atoms with Crippen molar-refractivity contribution in [1.82, 2.24) is 24.5 Å². The zero-order valence-corrected chi connectivity index (χ0v) is 18.7. The molecule has 4 aromatic rings. The van der Waals surface area contributed by atoms with Gasteiger partial charge in [0.1, 0.15) is 11.6 Å². The number of aromatic nitrogens is 4. The number of anilines is 2. The second kappa shape index (κ2) is 8.22. The Hall–Kier alpha value is -4.33. The highest BCUT2D eigenvalue weighted by Crippen LogP contribution is 2.29. The van der Waals surface area contributed by atoms with Crippen LogP contribution in [0.3, 0.4) is 0 Å². The van der Waals surface area contributed by atoms with Crippen LogP contribution in [0, 0.1) is 0 Å². The van der Waals surface area contributed by atoms with Crippen LogP contribution in [0.2, 0.25) is 0 Å². The number of para-hydroxylation sites is 1. The molecule has 2 fully saturated rings. The van der Waals surface area contributed by atoms with Crippen molar-refractivity contribution in [3.63, 3.8) is 0 Å². The molecule has 0 unspecified atom stereocenters. The van der Waals surface area contributed by atoms with Gasteiger partial charge in [0.05, 0.1) is 12.6 Å². The molecule has 6 rings (SSSR count). The molecule has 1 saturated heterocycles. The molecule has 170 valence electrons. The average molecular weight is 452 g/mol. The lowest BCUT2D eigenvalue weighted by Crippen LogP contribution is -2.11. The van der Waals surface area contributed by atoms with Gasteiger partial charge in [-0.3, -0.25) is 4.79 Å².